The first-order valence-corrected chi connectivity index (χ1v) is 7.79. The van der Waals surface area contributed by atoms with Crippen molar-refractivity contribution in [2.75, 3.05) is 32.8 Å². The number of benzene rings is 2. The maximum atomic E-state index is 13.0. The van der Waals surface area contributed by atoms with Gasteiger partial charge < -0.3 is 4.74 Å². The van der Waals surface area contributed by atoms with Gasteiger partial charge in [0.2, 0.25) is 0 Å². The van der Waals surface area contributed by atoms with Gasteiger partial charge in [-0.2, -0.15) is 0 Å². The van der Waals surface area contributed by atoms with E-state index >= 15 is 0 Å². The number of hydrogen-bond acceptors (Lipinski definition) is 3. The molecule has 3 nitrogen and oxygen atoms in total. The minimum absolute atomic E-state index is 0. The molecule has 1 aliphatic rings. The molecule has 1 atom stereocenters. The number of carbonyl (C=O) groups excluding carboxylic acids is 1. The van der Waals surface area contributed by atoms with Gasteiger partial charge in [0.25, 0.3) is 0 Å². The van der Waals surface area contributed by atoms with E-state index in [1.165, 1.54) is 0 Å². The lowest BCUT2D eigenvalue weighted by molar-refractivity contribution is 0.0345. The summed E-state index contributed by atoms with van der Waals surface area (Å²) in [6, 6.07) is 19.7. The van der Waals surface area contributed by atoms with Gasteiger partial charge in [0.15, 0.2) is 5.78 Å². The third-order valence-corrected chi connectivity index (χ3v) is 4.12. The summed E-state index contributed by atoms with van der Waals surface area (Å²) in [4.78, 5) is 15.3. The topological polar surface area (TPSA) is 29.5 Å². The Hall–Kier alpha value is -1.49. The lowest BCUT2D eigenvalue weighted by Crippen LogP contribution is -2.40. The zero-order chi connectivity index (χ0) is 15.2. The monoisotopic (exact) mass is 375 g/mol. The first kappa shape index (κ1) is 17.9. The van der Waals surface area contributed by atoms with Crippen LogP contribution in [0.4, 0.5) is 0 Å². The summed E-state index contributed by atoms with van der Waals surface area (Å²) >= 11 is 0. The summed E-state index contributed by atoms with van der Waals surface area (Å²) in [7, 11) is 0. The molecule has 0 amide bonds. The van der Waals surface area contributed by atoms with Gasteiger partial charge in [-0.3, -0.25) is 9.69 Å². The number of morpholine rings is 1. The number of hydrogen-bond donors (Lipinski definition) is 0. The summed E-state index contributed by atoms with van der Waals surface area (Å²) in [6.07, 6.45) is 0. The number of halogens is 1. The van der Waals surface area contributed by atoms with Crippen LogP contribution >= 0.6 is 17.0 Å². The minimum atomic E-state index is -0.123. The van der Waals surface area contributed by atoms with Crippen molar-refractivity contribution in [2.45, 2.75) is 5.92 Å². The molecule has 1 heterocycles. The van der Waals surface area contributed by atoms with Gasteiger partial charge >= 0.3 is 0 Å². The van der Waals surface area contributed by atoms with E-state index in [4.69, 9.17) is 4.74 Å². The zero-order valence-corrected chi connectivity index (χ0v) is 14.8. The van der Waals surface area contributed by atoms with Gasteiger partial charge in [0.1, 0.15) is 0 Å². The number of rotatable bonds is 5. The molecule has 1 aliphatic heterocycles. The second-order valence-corrected chi connectivity index (χ2v) is 5.61. The van der Waals surface area contributed by atoms with Crippen molar-refractivity contribution in [3.05, 3.63) is 71.8 Å². The smallest absolute Gasteiger partial charge is 0.171 e. The first-order valence-electron chi connectivity index (χ1n) is 7.79. The Balaban J connectivity index is 0.00000192. The van der Waals surface area contributed by atoms with Crippen LogP contribution in [0.2, 0.25) is 0 Å². The van der Waals surface area contributed by atoms with Crippen LogP contribution in [0.15, 0.2) is 60.7 Å². The molecule has 122 valence electrons. The average Bonchev–Trinajstić information content (AvgIpc) is 2.61. The van der Waals surface area contributed by atoms with E-state index < -0.39 is 0 Å². The van der Waals surface area contributed by atoms with Crippen molar-refractivity contribution in [3.63, 3.8) is 0 Å². The highest BCUT2D eigenvalue weighted by atomic mass is 79.9. The lowest BCUT2D eigenvalue weighted by Gasteiger charge is -2.30. The molecule has 2 aromatic rings. The summed E-state index contributed by atoms with van der Waals surface area (Å²) in [6.45, 7) is 4.04. The van der Waals surface area contributed by atoms with Gasteiger partial charge in [-0.05, 0) is 5.56 Å². The molecule has 0 saturated carbocycles. The van der Waals surface area contributed by atoms with Crippen molar-refractivity contribution in [1.29, 1.82) is 0 Å². The molecule has 0 radical (unpaired) electrons. The molecule has 0 aliphatic carbocycles. The normalized spacial score (nSPS) is 16.3. The quantitative estimate of drug-likeness (QED) is 0.748. The highest BCUT2D eigenvalue weighted by molar-refractivity contribution is 8.93. The molecular formula is C19H22BrNO2. The third-order valence-electron chi connectivity index (χ3n) is 4.12. The number of ether oxygens (including phenoxy) is 1. The Morgan fingerprint density at radius 1 is 0.957 bits per heavy atom. The zero-order valence-electron chi connectivity index (χ0n) is 13.1. The average molecular weight is 376 g/mol. The molecule has 0 bridgehead atoms. The third kappa shape index (κ3) is 4.74. The molecule has 4 heteroatoms. The van der Waals surface area contributed by atoms with Crippen LogP contribution in [-0.4, -0.2) is 43.5 Å². The molecule has 23 heavy (non-hydrogen) atoms. The first-order chi connectivity index (χ1) is 10.8. The standard InChI is InChI=1S/C19H21NO2.BrH/c21-19(17-9-5-2-6-10-17)18(16-7-3-1-4-8-16)15-20-11-13-22-14-12-20;/h1-10,18H,11-15H2;1H. The maximum absolute atomic E-state index is 13.0. The van der Waals surface area contributed by atoms with Crippen LogP contribution in [-0.2, 0) is 4.74 Å². The number of ketones is 1. The SMILES string of the molecule is Br.O=C(c1ccccc1)C(CN1CCOCC1)c1ccccc1. The summed E-state index contributed by atoms with van der Waals surface area (Å²) in [5.74, 6) is 0.0694. The van der Waals surface area contributed by atoms with Crippen molar-refractivity contribution in [3.8, 4) is 0 Å². The Morgan fingerprint density at radius 2 is 1.52 bits per heavy atom. The predicted octanol–water partition coefficient (Wildman–Crippen LogP) is 3.56. The number of carbonyl (C=O) groups is 1. The van der Waals surface area contributed by atoms with Crippen LogP contribution in [0.25, 0.3) is 0 Å². The van der Waals surface area contributed by atoms with Crippen molar-refractivity contribution >= 4 is 22.8 Å². The van der Waals surface area contributed by atoms with E-state index in [2.05, 4.69) is 4.90 Å². The fourth-order valence-electron chi connectivity index (χ4n) is 2.87. The van der Waals surface area contributed by atoms with Crippen LogP contribution < -0.4 is 0 Å². The second-order valence-electron chi connectivity index (χ2n) is 5.61. The summed E-state index contributed by atoms with van der Waals surface area (Å²) in [5, 5.41) is 0. The second kappa shape index (κ2) is 8.96. The van der Waals surface area contributed by atoms with Crippen molar-refractivity contribution < 1.29 is 9.53 Å². The van der Waals surface area contributed by atoms with Gasteiger partial charge in [-0.25, -0.2) is 0 Å². The van der Waals surface area contributed by atoms with Crippen LogP contribution in [0, 0.1) is 0 Å². The fourth-order valence-corrected chi connectivity index (χ4v) is 2.87. The predicted molar refractivity (Wildman–Crippen MR) is 97.5 cm³/mol. The summed E-state index contributed by atoms with van der Waals surface area (Å²) < 4.78 is 5.41. The van der Waals surface area contributed by atoms with Crippen molar-refractivity contribution in [2.24, 2.45) is 0 Å². The highest BCUT2D eigenvalue weighted by Gasteiger charge is 2.25. The Bertz CT molecular complexity index is 597. The van der Waals surface area contributed by atoms with Crippen molar-refractivity contribution in [1.82, 2.24) is 4.90 Å². The molecule has 1 unspecified atom stereocenters. The van der Waals surface area contributed by atoms with E-state index in [-0.39, 0.29) is 28.7 Å². The van der Waals surface area contributed by atoms with Crippen LogP contribution in [0.5, 0.6) is 0 Å². The number of nitrogens with zero attached hydrogens (tertiary/aromatic N) is 1. The Kier molecular flexibility index (Phi) is 6.96. The van der Waals surface area contributed by atoms with E-state index in [9.17, 15) is 4.79 Å². The van der Waals surface area contributed by atoms with Crippen LogP contribution in [0.1, 0.15) is 21.8 Å². The molecule has 1 saturated heterocycles. The van der Waals surface area contributed by atoms with Crippen LogP contribution in [0.3, 0.4) is 0 Å². The van der Waals surface area contributed by atoms with Gasteiger partial charge in [0, 0.05) is 25.2 Å². The Morgan fingerprint density at radius 3 is 2.13 bits per heavy atom. The van der Waals surface area contributed by atoms with Gasteiger partial charge in [-0.1, -0.05) is 60.7 Å². The number of Topliss-reactive ketones (excluding diaryl/α,β-unsaturated/α-hetero) is 1. The molecule has 3 rings (SSSR count). The molecule has 0 aromatic heterocycles. The maximum Gasteiger partial charge on any atom is 0.171 e. The van der Waals surface area contributed by atoms with E-state index in [0.29, 0.717) is 0 Å². The molecular weight excluding hydrogens is 354 g/mol. The largest absolute Gasteiger partial charge is 0.379 e. The minimum Gasteiger partial charge on any atom is -0.379 e. The fraction of sp³-hybridized carbons (Fsp3) is 0.316. The lowest BCUT2D eigenvalue weighted by atomic mass is 9.90. The molecule has 1 fully saturated rings. The Labute approximate surface area is 148 Å². The molecule has 0 N–H and O–H groups in total. The van der Waals surface area contributed by atoms with E-state index in [0.717, 1.165) is 44.0 Å². The van der Waals surface area contributed by atoms with Gasteiger partial charge in [-0.15, -0.1) is 17.0 Å². The summed E-state index contributed by atoms with van der Waals surface area (Å²) in [5.41, 5.74) is 1.87. The highest BCUT2D eigenvalue weighted by Crippen LogP contribution is 2.22. The van der Waals surface area contributed by atoms with E-state index in [1.807, 2.05) is 60.7 Å². The molecule has 0 spiro atoms. The molecule has 2 aromatic carbocycles. The van der Waals surface area contributed by atoms with Gasteiger partial charge in [0.05, 0.1) is 19.1 Å². The van der Waals surface area contributed by atoms with E-state index in [1.54, 1.807) is 0 Å².